The highest BCUT2D eigenvalue weighted by Crippen LogP contribution is 2.28. The zero-order chi connectivity index (χ0) is 12.0. The SMILES string of the molecule is CC(CO)CNC(=O)C1CCC(CO)CC1. The molecule has 94 valence electrons. The van der Waals surface area contributed by atoms with E-state index in [0.717, 1.165) is 25.7 Å². The molecule has 0 bridgehead atoms. The number of hydrogen-bond donors (Lipinski definition) is 3. The van der Waals surface area contributed by atoms with Crippen LogP contribution in [0.15, 0.2) is 0 Å². The average Bonchev–Trinajstić information content (AvgIpc) is 2.35. The van der Waals surface area contributed by atoms with E-state index in [1.165, 1.54) is 0 Å². The van der Waals surface area contributed by atoms with E-state index in [1.54, 1.807) is 0 Å². The van der Waals surface area contributed by atoms with Gasteiger partial charge in [0.1, 0.15) is 0 Å². The summed E-state index contributed by atoms with van der Waals surface area (Å²) in [4.78, 5) is 11.8. The zero-order valence-corrected chi connectivity index (χ0v) is 9.98. The Hall–Kier alpha value is -0.610. The summed E-state index contributed by atoms with van der Waals surface area (Å²) in [6.45, 7) is 2.81. The van der Waals surface area contributed by atoms with Crippen molar-refractivity contribution in [2.24, 2.45) is 17.8 Å². The first-order valence-corrected chi connectivity index (χ1v) is 6.16. The van der Waals surface area contributed by atoms with Gasteiger partial charge in [-0.3, -0.25) is 4.79 Å². The Kier molecular flexibility index (Phi) is 5.77. The van der Waals surface area contributed by atoms with Crippen molar-refractivity contribution >= 4 is 5.91 Å². The molecule has 1 fully saturated rings. The van der Waals surface area contributed by atoms with Crippen LogP contribution in [0.4, 0.5) is 0 Å². The third-order valence-electron chi connectivity index (χ3n) is 3.41. The van der Waals surface area contributed by atoms with Crippen molar-refractivity contribution in [1.29, 1.82) is 0 Å². The minimum atomic E-state index is 0.105. The normalized spacial score (nSPS) is 27.4. The van der Waals surface area contributed by atoms with Crippen LogP contribution in [0.1, 0.15) is 32.6 Å². The van der Waals surface area contributed by atoms with Gasteiger partial charge in [0.25, 0.3) is 0 Å². The lowest BCUT2D eigenvalue weighted by Gasteiger charge is -2.26. The number of hydrogen-bond acceptors (Lipinski definition) is 3. The lowest BCUT2D eigenvalue weighted by molar-refractivity contribution is -0.126. The maximum Gasteiger partial charge on any atom is 0.223 e. The summed E-state index contributed by atoms with van der Waals surface area (Å²) in [6.07, 6.45) is 3.66. The van der Waals surface area contributed by atoms with Crippen LogP contribution < -0.4 is 5.32 Å². The van der Waals surface area contributed by atoms with E-state index in [9.17, 15) is 4.79 Å². The van der Waals surface area contributed by atoms with E-state index >= 15 is 0 Å². The summed E-state index contributed by atoms with van der Waals surface area (Å²) < 4.78 is 0. The fourth-order valence-electron chi connectivity index (χ4n) is 2.09. The molecular weight excluding hydrogens is 206 g/mol. The summed E-state index contributed by atoms with van der Waals surface area (Å²) in [5.41, 5.74) is 0. The van der Waals surface area contributed by atoms with Crippen LogP contribution in [-0.4, -0.2) is 35.9 Å². The van der Waals surface area contributed by atoms with Gasteiger partial charge in [-0.05, 0) is 37.5 Å². The van der Waals surface area contributed by atoms with Crippen LogP contribution in [-0.2, 0) is 4.79 Å². The average molecular weight is 229 g/mol. The van der Waals surface area contributed by atoms with Gasteiger partial charge in [-0.2, -0.15) is 0 Å². The number of nitrogens with one attached hydrogen (secondary N) is 1. The molecule has 1 aliphatic rings. The predicted molar refractivity (Wildman–Crippen MR) is 61.8 cm³/mol. The second-order valence-corrected chi connectivity index (χ2v) is 4.93. The smallest absolute Gasteiger partial charge is 0.223 e. The lowest BCUT2D eigenvalue weighted by Crippen LogP contribution is -2.36. The minimum Gasteiger partial charge on any atom is -0.396 e. The fourth-order valence-corrected chi connectivity index (χ4v) is 2.09. The van der Waals surface area contributed by atoms with E-state index in [1.807, 2.05) is 6.92 Å². The molecule has 0 aromatic heterocycles. The van der Waals surface area contributed by atoms with Crippen LogP contribution in [0.25, 0.3) is 0 Å². The molecule has 1 atom stereocenters. The monoisotopic (exact) mass is 229 g/mol. The van der Waals surface area contributed by atoms with Crippen molar-refractivity contribution in [1.82, 2.24) is 5.32 Å². The molecule has 0 aliphatic heterocycles. The van der Waals surface area contributed by atoms with Gasteiger partial charge < -0.3 is 15.5 Å². The van der Waals surface area contributed by atoms with Crippen LogP contribution in [0.3, 0.4) is 0 Å². The summed E-state index contributed by atoms with van der Waals surface area (Å²) in [6, 6.07) is 0. The molecule has 0 saturated heterocycles. The lowest BCUT2D eigenvalue weighted by atomic mass is 9.82. The zero-order valence-electron chi connectivity index (χ0n) is 9.98. The Morgan fingerprint density at radius 3 is 2.44 bits per heavy atom. The summed E-state index contributed by atoms with van der Waals surface area (Å²) in [5, 5.41) is 20.7. The van der Waals surface area contributed by atoms with Crippen LogP contribution in [0.5, 0.6) is 0 Å². The summed E-state index contributed by atoms with van der Waals surface area (Å²) in [7, 11) is 0. The first-order valence-electron chi connectivity index (χ1n) is 6.16. The van der Waals surface area contributed by atoms with Gasteiger partial charge >= 0.3 is 0 Å². The summed E-state index contributed by atoms with van der Waals surface area (Å²) >= 11 is 0. The predicted octanol–water partition coefficient (Wildman–Crippen LogP) is 0.530. The minimum absolute atomic E-state index is 0.105. The van der Waals surface area contributed by atoms with Crippen molar-refractivity contribution in [3.63, 3.8) is 0 Å². The molecule has 0 aromatic rings. The van der Waals surface area contributed by atoms with Crippen LogP contribution in [0, 0.1) is 17.8 Å². The standard InChI is InChI=1S/C12H23NO3/c1-9(7-14)6-13-12(16)11-4-2-10(8-15)3-5-11/h9-11,14-15H,2-8H2,1H3,(H,13,16). The van der Waals surface area contributed by atoms with E-state index in [-0.39, 0.29) is 31.0 Å². The quantitative estimate of drug-likeness (QED) is 0.644. The second-order valence-electron chi connectivity index (χ2n) is 4.93. The molecule has 0 heterocycles. The molecule has 1 unspecified atom stereocenters. The number of aliphatic hydroxyl groups is 2. The number of rotatable bonds is 5. The Morgan fingerprint density at radius 2 is 1.94 bits per heavy atom. The fraction of sp³-hybridized carbons (Fsp3) is 0.917. The molecule has 4 heteroatoms. The van der Waals surface area contributed by atoms with Gasteiger partial charge in [0, 0.05) is 25.7 Å². The van der Waals surface area contributed by atoms with Crippen molar-refractivity contribution in [2.75, 3.05) is 19.8 Å². The van der Waals surface area contributed by atoms with Crippen molar-refractivity contribution in [2.45, 2.75) is 32.6 Å². The highest BCUT2D eigenvalue weighted by atomic mass is 16.3. The Morgan fingerprint density at radius 1 is 1.31 bits per heavy atom. The van der Waals surface area contributed by atoms with Crippen LogP contribution in [0.2, 0.25) is 0 Å². The Labute approximate surface area is 97.0 Å². The second kappa shape index (κ2) is 6.86. The van der Waals surface area contributed by atoms with E-state index in [0.29, 0.717) is 12.5 Å². The maximum absolute atomic E-state index is 11.8. The maximum atomic E-state index is 11.8. The highest BCUT2D eigenvalue weighted by molar-refractivity contribution is 5.78. The van der Waals surface area contributed by atoms with Gasteiger partial charge in [0.05, 0.1) is 0 Å². The molecule has 16 heavy (non-hydrogen) atoms. The molecule has 1 rings (SSSR count). The van der Waals surface area contributed by atoms with Crippen molar-refractivity contribution in [3.8, 4) is 0 Å². The molecule has 3 N–H and O–H groups in total. The largest absolute Gasteiger partial charge is 0.396 e. The number of carbonyl (C=O) groups excluding carboxylic acids is 1. The third-order valence-corrected chi connectivity index (χ3v) is 3.41. The van der Waals surface area contributed by atoms with Gasteiger partial charge in [0.2, 0.25) is 5.91 Å². The number of carbonyl (C=O) groups is 1. The first kappa shape index (κ1) is 13.5. The molecular formula is C12H23NO3. The summed E-state index contributed by atoms with van der Waals surface area (Å²) in [5.74, 6) is 0.725. The molecule has 0 radical (unpaired) electrons. The van der Waals surface area contributed by atoms with Gasteiger partial charge in [-0.15, -0.1) is 0 Å². The molecule has 4 nitrogen and oxygen atoms in total. The topological polar surface area (TPSA) is 69.6 Å². The van der Waals surface area contributed by atoms with Gasteiger partial charge in [-0.1, -0.05) is 6.92 Å². The van der Waals surface area contributed by atoms with Gasteiger partial charge in [0.15, 0.2) is 0 Å². The first-order chi connectivity index (χ1) is 7.67. The number of amides is 1. The molecule has 1 saturated carbocycles. The molecule has 0 spiro atoms. The van der Waals surface area contributed by atoms with E-state index in [2.05, 4.69) is 5.32 Å². The third kappa shape index (κ3) is 4.10. The molecule has 1 amide bonds. The van der Waals surface area contributed by atoms with Crippen molar-refractivity contribution < 1.29 is 15.0 Å². The van der Waals surface area contributed by atoms with Gasteiger partial charge in [-0.25, -0.2) is 0 Å². The molecule has 1 aliphatic carbocycles. The Bertz CT molecular complexity index is 212. The Balaban J connectivity index is 2.22. The van der Waals surface area contributed by atoms with Crippen LogP contribution >= 0.6 is 0 Å². The number of aliphatic hydroxyl groups excluding tert-OH is 2. The van der Waals surface area contributed by atoms with E-state index in [4.69, 9.17) is 10.2 Å². The highest BCUT2D eigenvalue weighted by Gasteiger charge is 2.25. The molecule has 0 aromatic carbocycles. The van der Waals surface area contributed by atoms with E-state index < -0.39 is 0 Å². The van der Waals surface area contributed by atoms with Crippen molar-refractivity contribution in [3.05, 3.63) is 0 Å².